The number of hydrogen-bond donors (Lipinski definition) is 0. The lowest BCUT2D eigenvalue weighted by Gasteiger charge is -2.10. The van der Waals surface area contributed by atoms with Crippen LogP contribution < -0.4 is 0 Å². The van der Waals surface area contributed by atoms with Crippen LogP contribution in [0.2, 0.25) is 0 Å². The molecule has 0 N–H and O–H groups in total. The number of alkyl halides is 3. The maximum atomic E-state index is 13.9. The highest BCUT2D eigenvalue weighted by Crippen LogP contribution is 2.61. The molecule has 0 heterocycles. The molecule has 0 bridgehead atoms. The molecule has 1 saturated carbocycles. The van der Waals surface area contributed by atoms with E-state index in [2.05, 4.69) is 0 Å². The summed E-state index contributed by atoms with van der Waals surface area (Å²) in [5.74, 6) is -7.36. The Morgan fingerprint density at radius 3 is 1.92 bits per heavy atom. The molecule has 0 unspecified atom stereocenters. The van der Waals surface area contributed by atoms with Crippen LogP contribution in [0.3, 0.4) is 0 Å². The Labute approximate surface area is 139 Å². The van der Waals surface area contributed by atoms with Crippen molar-refractivity contribution in [3.63, 3.8) is 0 Å². The first-order valence-corrected chi connectivity index (χ1v) is 7.43. The van der Waals surface area contributed by atoms with E-state index in [0.29, 0.717) is 0 Å². The van der Waals surface area contributed by atoms with Gasteiger partial charge >= 0.3 is 6.18 Å². The summed E-state index contributed by atoms with van der Waals surface area (Å²) >= 11 is 5.19. The van der Waals surface area contributed by atoms with E-state index < -0.39 is 69.3 Å². The van der Waals surface area contributed by atoms with Crippen LogP contribution in [0.25, 0.3) is 0 Å². The third-order valence-corrected chi connectivity index (χ3v) is 5.07. The fraction of sp³-hybridized carbons (Fsp3) is 0.500. The predicted octanol–water partition coefficient (Wildman–Crippen LogP) is 6.05. The van der Waals surface area contributed by atoms with E-state index in [9.17, 15) is 30.7 Å². The van der Waals surface area contributed by atoms with E-state index in [0.717, 1.165) is 13.0 Å². The van der Waals surface area contributed by atoms with Crippen molar-refractivity contribution in [1.29, 1.82) is 0 Å². The maximum Gasteiger partial charge on any atom is 0.426 e. The molecule has 0 saturated heterocycles. The SMILES string of the molecule is Cc1c(F)c(F)c(C[C@@H]2[C@@H](C=C(Cl)C(F)(F)F)C2(C)C)c(F)c1F. The fourth-order valence-corrected chi connectivity index (χ4v) is 3.08. The molecular weight excluding hydrogens is 361 g/mol. The van der Waals surface area contributed by atoms with Gasteiger partial charge < -0.3 is 0 Å². The standard InChI is InChI=1S/C16H14ClF7/c1-6-11(18)13(20)7(14(21)12(6)19)4-8-9(15(8,2)3)5-10(17)16(22,23)24/h5,8-9H,4H2,1-3H3/t8-,9-/m1/s1. The molecule has 134 valence electrons. The molecule has 24 heavy (non-hydrogen) atoms. The molecule has 0 amide bonds. The van der Waals surface area contributed by atoms with E-state index in [1.807, 2.05) is 0 Å². The van der Waals surface area contributed by atoms with Crippen LogP contribution in [0.4, 0.5) is 30.7 Å². The van der Waals surface area contributed by atoms with Crippen LogP contribution in [0.15, 0.2) is 11.1 Å². The lowest BCUT2D eigenvalue weighted by molar-refractivity contribution is -0.0848. The number of allylic oxidation sites excluding steroid dienone is 2. The summed E-state index contributed by atoms with van der Waals surface area (Å²) in [6.07, 6.45) is -4.37. The Hall–Kier alpha value is -1.24. The molecule has 1 fully saturated rings. The molecule has 1 aliphatic carbocycles. The van der Waals surface area contributed by atoms with Crippen molar-refractivity contribution in [2.75, 3.05) is 0 Å². The molecule has 0 radical (unpaired) electrons. The van der Waals surface area contributed by atoms with Gasteiger partial charge in [-0.25, -0.2) is 17.6 Å². The van der Waals surface area contributed by atoms with Crippen molar-refractivity contribution in [3.8, 4) is 0 Å². The van der Waals surface area contributed by atoms with Crippen molar-refractivity contribution < 1.29 is 30.7 Å². The molecule has 8 heteroatoms. The molecule has 2 rings (SSSR count). The molecular formula is C16H14ClF7. The van der Waals surface area contributed by atoms with E-state index >= 15 is 0 Å². The van der Waals surface area contributed by atoms with Crippen molar-refractivity contribution in [1.82, 2.24) is 0 Å². The van der Waals surface area contributed by atoms with Gasteiger partial charge in [0.05, 0.1) is 0 Å². The van der Waals surface area contributed by atoms with E-state index in [-0.39, 0.29) is 0 Å². The lowest BCUT2D eigenvalue weighted by atomic mass is 10.00. The summed E-state index contributed by atoms with van der Waals surface area (Å²) in [5, 5.41) is -1.33. The second-order valence-electron chi connectivity index (χ2n) is 6.53. The van der Waals surface area contributed by atoms with Gasteiger partial charge in [-0.2, -0.15) is 13.2 Å². The van der Waals surface area contributed by atoms with Gasteiger partial charge in [0.1, 0.15) is 5.03 Å². The number of hydrogen-bond acceptors (Lipinski definition) is 0. The van der Waals surface area contributed by atoms with Crippen LogP contribution in [0.5, 0.6) is 0 Å². The molecule has 1 aromatic rings. The van der Waals surface area contributed by atoms with Crippen LogP contribution >= 0.6 is 11.6 Å². The van der Waals surface area contributed by atoms with Gasteiger partial charge in [-0.05, 0) is 30.6 Å². The Morgan fingerprint density at radius 1 is 1.04 bits per heavy atom. The minimum Gasteiger partial charge on any atom is -0.203 e. The Kier molecular flexibility index (Phi) is 4.72. The monoisotopic (exact) mass is 374 g/mol. The summed E-state index contributed by atoms with van der Waals surface area (Å²) in [6.45, 7) is 4.09. The molecule has 0 nitrogen and oxygen atoms in total. The Balaban J connectivity index is 2.34. The van der Waals surface area contributed by atoms with Gasteiger partial charge in [0.2, 0.25) is 0 Å². The van der Waals surface area contributed by atoms with Crippen molar-refractivity contribution >= 4 is 11.6 Å². The smallest absolute Gasteiger partial charge is 0.203 e. The van der Waals surface area contributed by atoms with Crippen molar-refractivity contribution in [2.24, 2.45) is 17.3 Å². The Bertz CT molecular complexity index is 674. The van der Waals surface area contributed by atoms with Gasteiger partial charge in [-0.15, -0.1) is 0 Å². The summed E-state index contributed by atoms with van der Waals surface area (Å²) in [6, 6.07) is 0. The van der Waals surface area contributed by atoms with Gasteiger partial charge in [-0.3, -0.25) is 0 Å². The zero-order valence-electron chi connectivity index (χ0n) is 13.0. The second kappa shape index (κ2) is 5.93. The van der Waals surface area contributed by atoms with Gasteiger partial charge in [-0.1, -0.05) is 31.5 Å². The third-order valence-electron chi connectivity index (χ3n) is 4.73. The van der Waals surface area contributed by atoms with Crippen LogP contribution in [0.1, 0.15) is 25.0 Å². The predicted molar refractivity (Wildman–Crippen MR) is 75.5 cm³/mol. The summed E-state index contributed by atoms with van der Waals surface area (Å²) < 4.78 is 92.5. The van der Waals surface area contributed by atoms with Gasteiger partial charge in [0.15, 0.2) is 23.3 Å². The number of halogens is 8. The van der Waals surface area contributed by atoms with Crippen molar-refractivity contribution in [3.05, 3.63) is 45.5 Å². The first-order chi connectivity index (χ1) is 10.8. The maximum absolute atomic E-state index is 13.9. The minimum atomic E-state index is -4.72. The topological polar surface area (TPSA) is 0 Å². The molecule has 2 atom stereocenters. The summed E-state index contributed by atoms with van der Waals surface area (Å²) in [7, 11) is 0. The van der Waals surface area contributed by atoms with Gasteiger partial charge in [0, 0.05) is 11.1 Å². The highest BCUT2D eigenvalue weighted by atomic mass is 35.5. The van der Waals surface area contributed by atoms with Crippen LogP contribution in [0, 0.1) is 47.4 Å². The van der Waals surface area contributed by atoms with E-state index in [1.54, 1.807) is 13.8 Å². The molecule has 1 aromatic carbocycles. The molecule has 1 aliphatic rings. The highest BCUT2D eigenvalue weighted by molar-refractivity contribution is 6.30. The zero-order chi connectivity index (χ0) is 18.6. The second-order valence-corrected chi connectivity index (χ2v) is 6.94. The zero-order valence-corrected chi connectivity index (χ0v) is 13.7. The lowest BCUT2D eigenvalue weighted by Crippen LogP contribution is -2.09. The highest BCUT2D eigenvalue weighted by Gasteiger charge is 2.57. The number of benzene rings is 1. The molecule has 0 spiro atoms. The quantitative estimate of drug-likeness (QED) is 0.446. The average Bonchev–Trinajstić information content (AvgIpc) is 2.98. The fourth-order valence-electron chi connectivity index (χ4n) is 2.95. The van der Waals surface area contributed by atoms with Crippen LogP contribution in [-0.2, 0) is 6.42 Å². The normalized spacial score (nSPS) is 23.5. The first kappa shape index (κ1) is 19.1. The summed E-state index contributed by atoms with van der Waals surface area (Å²) in [4.78, 5) is 0. The summed E-state index contributed by atoms with van der Waals surface area (Å²) in [5.41, 5.74) is -2.31. The Morgan fingerprint density at radius 2 is 1.50 bits per heavy atom. The van der Waals surface area contributed by atoms with Gasteiger partial charge in [0.25, 0.3) is 0 Å². The minimum absolute atomic E-state index is 0.429. The number of rotatable bonds is 3. The largest absolute Gasteiger partial charge is 0.426 e. The van der Waals surface area contributed by atoms with Crippen molar-refractivity contribution in [2.45, 2.75) is 33.4 Å². The average molecular weight is 375 g/mol. The van der Waals surface area contributed by atoms with Crippen LogP contribution in [-0.4, -0.2) is 6.18 Å². The first-order valence-electron chi connectivity index (χ1n) is 7.06. The third kappa shape index (κ3) is 3.15. The van der Waals surface area contributed by atoms with E-state index in [4.69, 9.17) is 11.6 Å². The van der Waals surface area contributed by atoms with E-state index in [1.165, 1.54) is 0 Å². The molecule has 0 aliphatic heterocycles. The molecule has 0 aromatic heterocycles.